The van der Waals surface area contributed by atoms with Crippen LogP contribution in [0.2, 0.25) is 5.02 Å². The summed E-state index contributed by atoms with van der Waals surface area (Å²) >= 11 is 5.83. The molecule has 100 valence electrons. The van der Waals surface area contributed by atoms with Crippen molar-refractivity contribution in [1.29, 1.82) is 0 Å². The third-order valence-electron chi connectivity index (χ3n) is 2.96. The quantitative estimate of drug-likeness (QED) is 0.872. The maximum absolute atomic E-state index is 13.5. The van der Waals surface area contributed by atoms with Gasteiger partial charge in [-0.15, -0.1) is 0 Å². The summed E-state index contributed by atoms with van der Waals surface area (Å²) in [5, 5.41) is 3.64. The Balaban J connectivity index is 2.04. The Morgan fingerprint density at radius 3 is 2.68 bits per heavy atom. The Bertz CT molecular complexity index is 572. The van der Waals surface area contributed by atoms with E-state index in [1.807, 2.05) is 13.0 Å². The molecule has 0 saturated carbocycles. The van der Waals surface area contributed by atoms with Crippen molar-refractivity contribution in [2.75, 3.05) is 0 Å². The average molecular weight is 282 g/mol. The second kappa shape index (κ2) is 6.13. The predicted molar refractivity (Wildman–Crippen MR) is 73.1 cm³/mol. The molecule has 0 aliphatic rings. The van der Waals surface area contributed by atoms with E-state index >= 15 is 0 Å². The van der Waals surface area contributed by atoms with Gasteiger partial charge in [0.05, 0.1) is 0 Å². The first-order valence-corrected chi connectivity index (χ1v) is 6.37. The molecule has 0 heterocycles. The molecule has 0 spiro atoms. The van der Waals surface area contributed by atoms with E-state index in [9.17, 15) is 8.78 Å². The first kappa shape index (κ1) is 14.0. The molecule has 1 atom stereocenters. The largest absolute Gasteiger partial charge is 0.306 e. The molecule has 1 unspecified atom stereocenters. The molecule has 4 heteroatoms. The summed E-state index contributed by atoms with van der Waals surface area (Å²) in [5.41, 5.74) is 1.32. The van der Waals surface area contributed by atoms with Gasteiger partial charge in [-0.25, -0.2) is 8.78 Å². The van der Waals surface area contributed by atoms with Gasteiger partial charge in [0.1, 0.15) is 11.6 Å². The predicted octanol–water partition coefficient (Wildman–Crippen LogP) is 4.47. The highest BCUT2D eigenvalue weighted by molar-refractivity contribution is 6.30. The molecular weight excluding hydrogens is 268 g/mol. The van der Waals surface area contributed by atoms with Crippen molar-refractivity contribution in [2.24, 2.45) is 0 Å². The molecule has 19 heavy (non-hydrogen) atoms. The molecule has 0 bridgehead atoms. The summed E-state index contributed by atoms with van der Waals surface area (Å²) in [6.07, 6.45) is 0. The summed E-state index contributed by atoms with van der Waals surface area (Å²) in [7, 11) is 0. The van der Waals surface area contributed by atoms with Gasteiger partial charge in [-0.1, -0.05) is 23.7 Å². The number of halogens is 3. The third-order valence-corrected chi connectivity index (χ3v) is 3.19. The minimum absolute atomic E-state index is 0.0749. The zero-order valence-electron chi connectivity index (χ0n) is 10.5. The standard InChI is InChI=1S/C15H14ClF2N/c1-10(11-3-2-4-14(17)8-11)19-9-12-7-13(16)5-6-15(12)18/h2-8,10,19H,9H2,1H3. The van der Waals surface area contributed by atoms with Crippen molar-refractivity contribution >= 4 is 11.6 Å². The summed E-state index contributed by atoms with van der Waals surface area (Å²) in [6.45, 7) is 2.24. The van der Waals surface area contributed by atoms with Crippen LogP contribution in [0.5, 0.6) is 0 Å². The topological polar surface area (TPSA) is 12.0 Å². The fourth-order valence-electron chi connectivity index (χ4n) is 1.84. The van der Waals surface area contributed by atoms with Crippen LogP contribution in [-0.2, 0) is 6.54 Å². The van der Waals surface area contributed by atoms with Gasteiger partial charge in [0.25, 0.3) is 0 Å². The van der Waals surface area contributed by atoms with E-state index in [2.05, 4.69) is 5.32 Å². The van der Waals surface area contributed by atoms with Gasteiger partial charge in [0.2, 0.25) is 0 Å². The minimum Gasteiger partial charge on any atom is -0.306 e. The lowest BCUT2D eigenvalue weighted by Crippen LogP contribution is -2.18. The normalized spacial score (nSPS) is 12.4. The Morgan fingerprint density at radius 2 is 1.95 bits per heavy atom. The van der Waals surface area contributed by atoms with E-state index in [4.69, 9.17) is 11.6 Å². The lowest BCUT2D eigenvalue weighted by Gasteiger charge is -2.15. The van der Waals surface area contributed by atoms with Crippen molar-refractivity contribution in [2.45, 2.75) is 19.5 Å². The van der Waals surface area contributed by atoms with Crippen LogP contribution in [0.4, 0.5) is 8.78 Å². The molecule has 1 N–H and O–H groups in total. The monoisotopic (exact) mass is 281 g/mol. The first-order chi connectivity index (χ1) is 9.06. The molecule has 0 radical (unpaired) electrons. The molecule has 2 aromatic rings. The van der Waals surface area contributed by atoms with Gasteiger partial charge in [0.15, 0.2) is 0 Å². The molecule has 0 fully saturated rings. The van der Waals surface area contributed by atoms with Crippen LogP contribution in [-0.4, -0.2) is 0 Å². The summed E-state index contributed by atoms with van der Waals surface area (Å²) < 4.78 is 26.6. The number of hydrogen-bond donors (Lipinski definition) is 1. The van der Waals surface area contributed by atoms with Crippen molar-refractivity contribution in [1.82, 2.24) is 5.32 Å². The van der Waals surface area contributed by atoms with Crippen LogP contribution in [0, 0.1) is 11.6 Å². The molecule has 0 amide bonds. The zero-order valence-corrected chi connectivity index (χ0v) is 11.2. The lowest BCUT2D eigenvalue weighted by molar-refractivity contribution is 0.540. The van der Waals surface area contributed by atoms with Crippen molar-refractivity contribution in [3.63, 3.8) is 0 Å². The van der Waals surface area contributed by atoms with Gasteiger partial charge in [-0.3, -0.25) is 0 Å². The van der Waals surface area contributed by atoms with E-state index in [1.54, 1.807) is 12.1 Å². The van der Waals surface area contributed by atoms with Gasteiger partial charge >= 0.3 is 0 Å². The Morgan fingerprint density at radius 1 is 1.16 bits per heavy atom. The maximum Gasteiger partial charge on any atom is 0.127 e. The molecule has 2 rings (SSSR count). The molecule has 2 aromatic carbocycles. The lowest BCUT2D eigenvalue weighted by atomic mass is 10.1. The SMILES string of the molecule is CC(NCc1cc(Cl)ccc1F)c1cccc(F)c1. The number of benzene rings is 2. The molecular formula is C15H14ClF2N. The summed E-state index contributed by atoms with van der Waals surface area (Å²) in [4.78, 5) is 0. The molecule has 1 nitrogen and oxygen atoms in total. The molecule has 0 saturated heterocycles. The van der Waals surface area contributed by atoms with Crippen molar-refractivity contribution < 1.29 is 8.78 Å². The fraction of sp³-hybridized carbons (Fsp3) is 0.200. The van der Waals surface area contributed by atoms with Crippen LogP contribution in [0.25, 0.3) is 0 Å². The van der Waals surface area contributed by atoms with E-state index < -0.39 is 0 Å². The number of rotatable bonds is 4. The number of hydrogen-bond acceptors (Lipinski definition) is 1. The van der Waals surface area contributed by atoms with E-state index in [0.29, 0.717) is 17.1 Å². The average Bonchev–Trinajstić information content (AvgIpc) is 2.39. The van der Waals surface area contributed by atoms with E-state index in [0.717, 1.165) is 5.56 Å². The van der Waals surface area contributed by atoms with Gasteiger partial charge in [-0.2, -0.15) is 0 Å². The smallest absolute Gasteiger partial charge is 0.127 e. The molecule has 0 aliphatic carbocycles. The zero-order chi connectivity index (χ0) is 13.8. The van der Waals surface area contributed by atoms with E-state index in [1.165, 1.54) is 24.3 Å². The third kappa shape index (κ3) is 3.75. The maximum atomic E-state index is 13.5. The van der Waals surface area contributed by atoms with Gasteiger partial charge in [-0.05, 0) is 42.8 Å². The van der Waals surface area contributed by atoms with Crippen LogP contribution in [0.15, 0.2) is 42.5 Å². The second-order valence-corrected chi connectivity index (χ2v) is 4.83. The Kier molecular flexibility index (Phi) is 4.51. The number of nitrogens with one attached hydrogen (secondary N) is 1. The fourth-order valence-corrected chi connectivity index (χ4v) is 2.03. The van der Waals surface area contributed by atoms with Crippen LogP contribution >= 0.6 is 11.6 Å². The second-order valence-electron chi connectivity index (χ2n) is 4.39. The van der Waals surface area contributed by atoms with Gasteiger partial charge < -0.3 is 5.32 Å². The van der Waals surface area contributed by atoms with Crippen molar-refractivity contribution in [3.8, 4) is 0 Å². The van der Waals surface area contributed by atoms with Crippen LogP contribution < -0.4 is 5.32 Å². The molecule has 0 aliphatic heterocycles. The van der Waals surface area contributed by atoms with Crippen molar-refractivity contribution in [3.05, 3.63) is 70.2 Å². The van der Waals surface area contributed by atoms with Crippen LogP contribution in [0.3, 0.4) is 0 Å². The van der Waals surface area contributed by atoms with Gasteiger partial charge in [0, 0.05) is 23.2 Å². The highest BCUT2D eigenvalue weighted by Crippen LogP contribution is 2.17. The minimum atomic E-state index is -0.302. The highest BCUT2D eigenvalue weighted by atomic mass is 35.5. The Labute approximate surface area is 116 Å². The highest BCUT2D eigenvalue weighted by Gasteiger charge is 2.08. The Hall–Kier alpha value is -1.45. The summed E-state index contributed by atoms with van der Waals surface area (Å²) in [5.74, 6) is -0.580. The van der Waals surface area contributed by atoms with Crippen LogP contribution in [0.1, 0.15) is 24.1 Å². The molecule has 0 aromatic heterocycles. The summed E-state index contributed by atoms with van der Waals surface area (Å²) in [6, 6.07) is 10.7. The first-order valence-electron chi connectivity index (χ1n) is 5.99. The van der Waals surface area contributed by atoms with E-state index in [-0.39, 0.29) is 17.7 Å².